The molecule has 1 atom stereocenters. The molecule has 1 aromatic heterocycles. The number of thiophene rings is 1. The number of aliphatic carboxylic acids is 1. The largest absolute Gasteiger partial charge is 0.481 e. The highest BCUT2D eigenvalue weighted by molar-refractivity contribution is 7.10. The molecule has 0 aliphatic carbocycles. The first-order valence-corrected chi connectivity index (χ1v) is 9.71. The van der Waals surface area contributed by atoms with Gasteiger partial charge in [0.15, 0.2) is 0 Å². The minimum atomic E-state index is -0.827. The fraction of sp³-hybridized carbons (Fsp3) is 0.556. The highest BCUT2D eigenvalue weighted by atomic mass is 32.1. The molecule has 1 unspecified atom stereocenters. The maximum absolute atomic E-state index is 12.5. The number of likely N-dealkylation sites (tertiary alicyclic amines) is 1. The average molecular weight is 395 g/mol. The van der Waals surface area contributed by atoms with Crippen molar-refractivity contribution in [1.29, 1.82) is 0 Å². The highest BCUT2D eigenvalue weighted by Gasteiger charge is 2.28. The van der Waals surface area contributed by atoms with Crippen LogP contribution in [0.2, 0.25) is 0 Å². The third-order valence-corrected chi connectivity index (χ3v) is 5.62. The van der Waals surface area contributed by atoms with Gasteiger partial charge in [0.05, 0.1) is 24.9 Å². The van der Waals surface area contributed by atoms with Crippen molar-refractivity contribution in [2.75, 3.05) is 26.7 Å². The normalized spacial score (nSPS) is 15.9. The Morgan fingerprint density at radius 1 is 1.33 bits per heavy atom. The van der Waals surface area contributed by atoms with Crippen molar-refractivity contribution in [3.05, 3.63) is 22.4 Å². The van der Waals surface area contributed by atoms with E-state index in [0.717, 1.165) is 4.88 Å². The molecule has 0 bridgehead atoms. The zero-order chi connectivity index (χ0) is 20.0. The molecule has 2 rings (SSSR count). The van der Waals surface area contributed by atoms with E-state index in [9.17, 15) is 19.2 Å². The summed E-state index contributed by atoms with van der Waals surface area (Å²) in [6.45, 7) is 2.12. The summed E-state index contributed by atoms with van der Waals surface area (Å²) in [5.74, 6) is -1.89. The third kappa shape index (κ3) is 6.06. The van der Waals surface area contributed by atoms with E-state index in [1.165, 1.54) is 23.2 Å². The molecule has 148 valence electrons. The first-order valence-electron chi connectivity index (χ1n) is 8.83. The standard InChI is InChI=1S/C18H25N3O5S/c1-12(22)19-14(15-4-3-9-27-15)10-16(23)20(2)11-17(24)21-7-5-13(6-8-21)18(25)26/h3-4,9,13-14H,5-8,10-11H2,1-2H3,(H,19,22)(H,25,26). The Morgan fingerprint density at radius 3 is 2.52 bits per heavy atom. The van der Waals surface area contributed by atoms with Crippen LogP contribution in [0.3, 0.4) is 0 Å². The van der Waals surface area contributed by atoms with Gasteiger partial charge in [0.2, 0.25) is 17.7 Å². The van der Waals surface area contributed by atoms with E-state index in [0.29, 0.717) is 25.9 Å². The number of carboxylic acid groups (broad SMARTS) is 1. The van der Waals surface area contributed by atoms with Crippen molar-refractivity contribution in [1.82, 2.24) is 15.1 Å². The van der Waals surface area contributed by atoms with Gasteiger partial charge in [-0.05, 0) is 24.3 Å². The van der Waals surface area contributed by atoms with Gasteiger partial charge in [-0.2, -0.15) is 0 Å². The number of nitrogens with one attached hydrogen (secondary N) is 1. The average Bonchev–Trinajstić information content (AvgIpc) is 3.15. The Labute approximate surface area is 162 Å². The molecule has 3 amide bonds. The van der Waals surface area contributed by atoms with Crippen molar-refractivity contribution in [2.24, 2.45) is 5.92 Å². The Hall–Kier alpha value is -2.42. The van der Waals surface area contributed by atoms with E-state index < -0.39 is 17.9 Å². The molecule has 1 aromatic rings. The van der Waals surface area contributed by atoms with Gasteiger partial charge in [-0.15, -0.1) is 11.3 Å². The minimum Gasteiger partial charge on any atom is -0.481 e. The second kappa shape index (κ2) is 9.50. The smallest absolute Gasteiger partial charge is 0.306 e. The molecule has 8 nitrogen and oxygen atoms in total. The van der Waals surface area contributed by atoms with Crippen molar-refractivity contribution in [3.8, 4) is 0 Å². The van der Waals surface area contributed by atoms with E-state index in [-0.39, 0.29) is 30.7 Å². The number of hydrogen-bond acceptors (Lipinski definition) is 5. The summed E-state index contributed by atoms with van der Waals surface area (Å²) in [6.07, 6.45) is 0.939. The summed E-state index contributed by atoms with van der Waals surface area (Å²) in [5.41, 5.74) is 0. The molecular weight excluding hydrogens is 370 g/mol. The van der Waals surface area contributed by atoms with Gasteiger partial charge in [-0.1, -0.05) is 6.07 Å². The number of carbonyl (C=O) groups excluding carboxylic acids is 3. The first-order chi connectivity index (χ1) is 12.8. The Morgan fingerprint density at radius 2 is 2.00 bits per heavy atom. The minimum absolute atomic E-state index is 0.0617. The molecule has 1 saturated heterocycles. The quantitative estimate of drug-likeness (QED) is 0.719. The molecule has 1 aliphatic rings. The van der Waals surface area contributed by atoms with Crippen LogP contribution in [0.15, 0.2) is 17.5 Å². The van der Waals surface area contributed by atoms with Crippen molar-refractivity contribution in [3.63, 3.8) is 0 Å². The Bertz CT molecular complexity index is 683. The van der Waals surface area contributed by atoms with Crippen molar-refractivity contribution >= 4 is 35.0 Å². The summed E-state index contributed by atoms with van der Waals surface area (Å²) in [7, 11) is 1.56. The SMILES string of the molecule is CC(=O)NC(CC(=O)N(C)CC(=O)N1CCC(C(=O)O)CC1)c1cccs1. The third-order valence-electron chi connectivity index (χ3n) is 4.64. The summed E-state index contributed by atoms with van der Waals surface area (Å²) >= 11 is 1.46. The Balaban J connectivity index is 1.87. The van der Waals surface area contributed by atoms with E-state index in [1.54, 1.807) is 11.9 Å². The molecule has 0 aromatic carbocycles. The lowest BCUT2D eigenvalue weighted by Gasteiger charge is -2.31. The summed E-state index contributed by atoms with van der Waals surface area (Å²) in [5, 5.41) is 13.7. The molecule has 2 heterocycles. The van der Waals surface area contributed by atoms with Gasteiger partial charge in [0, 0.05) is 31.9 Å². The van der Waals surface area contributed by atoms with E-state index in [2.05, 4.69) is 5.32 Å². The monoisotopic (exact) mass is 395 g/mol. The van der Waals surface area contributed by atoms with Crippen LogP contribution in [0, 0.1) is 5.92 Å². The van der Waals surface area contributed by atoms with Crippen LogP contribution in [0.1, 0.15) is 37.1 Å². The van der Waals surface area contributed by atoms with Crippen LogP contribution in [-0.4, -0.2) is 65.3 Å². The zero-order valence-electron chi connectivity index (χ0n) is 15.5. The fourth-order valence-corrected chi connectivity index (χ4v) is 3.83. The van der Waals surface area contributed by atoms with Crippen LogP contribution < -0.4 is 5.32 Å². The maximum Gasteiger partial charge on any atom is 0.306 e. The van der Waals surface area contributed by atoms with Crippen LogP contribution >= 0.6 is 11.3 Å². The van der Waals surface area contributed by atoms with Gasteiger partial charge in [-0.3, -0.25) is 19.2 Å². The molecular formula is C18H25N3O5S. The molecule has 0 saturated carbocycles. The number of rotatable bonds is 7. The second-order valence-electron chi connectivity index (χ2n) is 6.72. The van der Waals surface area contributed by atoms with E-state index in [1.807, 2.05) is 17.5 Å². The number of piperidine rings is 1. The predicted molar refractivity (Wildman–Crippen MR) is 100 cm³/mol. The molecule has 2 N–H and O–H groups in total. The van der Waals surface area contributed by atoms with Crippen LogP contribution in [0.5, 0.6) is 0 Å². The lowest BCUT2D eigenvalue weighted by Crippen LogP contribution is -2.46. The maximum atomic E-state index is 12.5. The molecule has 27 heavy (non-hydrogen) atoms. The lowest BCUT2D eigenvalue weighted by atomic mass is 9.97. The lowest BCUT2D eigenvalue weighted by molar-refractivity contribution is -0.146. The van der Waals surface area contributed by atoms with Gasteiger partial charge < -0.3 is 20.2 Å². The number of carboxylic acids is 1. The van der Waals surface area contributed by atoms with E-state index in [4.69, 9.17) is 5.11 Å². The fourth-order valence-electron chi connectivity index (χ4n) is 3.06. The van der Waals surface area contributed by atoms with Crippen molar-refractivity contribution in [2.45, 2.75) is 32.2 Å². The van der Waals surface area contributed by atoms with Crippen LogP contribution in [0.4, 0.5) is 0 Å². The van der Waals surface area contributed by atoms with Crippen molar-refractivity contribution < 1.29 is 24.3 Å². The van der Waals surface area contributed by atoms with Gasteiger partial charge >= 0.3 is 5.97 Å². The number of carbonyl (C=O) groups is 4. The number of amides is 3. The van der Waals surface area contributed by atoms with Crippen LogP contribution in [-0.2, 0) is 19.2 Å². The molecule has 0 radical (unpaired) electrons. The topological polar surface area (TPSA) is 107 Å². The summed E-state index contributed by atoms with van der Waals surface area (Å²) in [6, 6.07) is 3.29. The summed E-state index contributed by atoms with van der Waals surface area (Å²) in [4.78, 5) is 51.2. The number of nitrogens with zero attached hydrogens (tertiary/aromatic N) is 2. The Kier molecular flexibility index (Phi) is 7.35. The molecule has 9 heteroatoms. The van der Waals surface area contributed by atoms with E-state index >= 15 is 0 Å². The van der Waals surface area contributed by atoms with Gasteiger partial charge in [-0.25, -0.2) is 0 Å². The van der Waals surface area contributed by atoms with Crippen LogP contribution in [0.25, 0.3) is 0 Å². The first kappa shape index (κ1) is 20.9. The molecule has 1 fully saturated rings. The second-order valence-corrected chi connectivity index (χ2v) is 7.70. The van der Waals surface area contributed by atoms with Gasteiger partial charge in [0.25, 0.3) is 0 Å². The predicted octanol–water partition coefficient (Wildman–Crippen LogP) is 1.10. The molecule has 0 spiro atoms. The number of hydrogen-bond donors (Lipinski definition) is 2. The zero-order valence-corrected chi connectivity index (χ0v) is 16.3. The summed E-state index contributed by atoms with van der Waals surface area (Å²) < 4.78 is 0. The highest BCUT2D eigenvalue weighted by Crippen LogP contribution is 2.23. The number of likely N-dealkylation sites (N-methyl/N-ethyl adjacent to an activating group) is 1. The van der Waals surface area contributed by atoms with Gasteiger partial charge in [0.1, 0.15) is 0 Å². The molecule has 1 aliphatic heterocycles.